The van der Waals surface area contributed by atoms with E-state index in [1.165, 1.54) is 11.3 Å². The van der Waals surface area contributed by atoms with Gasteiger partial charge in [0.2, 0.25) is 0 Å². The summed E-state index contributed by atoms with van der Waals surface area (Å²) >= 11 is 0. The average Bonchev–Trinajstić information content (AvgIpc) is 2.15. The summed E-state index contributed by atoms with van der Waals surface area (Å²) in [5.41, 5.74) is 2.49. The standard InChI is InChI=1S/C10H16N2O/c1-9-5-3-4-6-10(9)12(2)7-8-13-11/h3-6H,7-8,11H2,1-2H3. The van der Waals surface area contributed by atoms with Crippen LogP contribution in [0.5, 0.6) is 0 Å². The van der Waals surface area contributed by atoms with Crippen molar-refractivity contribution in [2.75, 3.05) is 25.1 Å². The second-order valence-electron chi connectivity index (χ2n) is 3.08. The zero-order chi connectivity index (χ0) is 9.68. The van der Waals surface area contributed by atoms with Crippen molar-refractivity contribution in [2.24, 2.45) is 5.90 Å². The Balaban J connectivity index is 2.65. The molecule has 0 radical (unpaired) electrons. The fraction of sp³-hybridized carbons (Fsp3) is 0.400. The number of likely N-dealkylation sites (N-methyl/N-ethyl adjacent to an activating group) is 1. The monoisotopic (exact) mass is 180 g/mol. The molecule has 0 aliphatic carbocycles. The van der Waals surface area contributed by atoms with Crippen molar-refractivity contribution in [2.45, 2.75) is 6.92 Å². The summed E-state index contributed by atoms with van der Waals surface area (Å²) in [5.74, 6) is 4.97. The van der Waals surface area contributed by atoms with E-state index in [4.69, 9.17) is 5.90 Å². The average molecular weight is 180 g/mol. The molecule has 0 aliphatic heterocycles. The molecular formula is C10H16N2O. The van der Waals surface area contributed by atoms with Crippen LogP contribution in [0.25, 0.3) is 0 Å². The molecule has 3 heteroatoms. The second kappa shape index (κ2) is 4.84. The zero-order valence-corrected chi connectivity index (χ0v) is 8.16. The summed E-state index contributed by atoms with van der Waals surface area (Å²) < 4.78 is 0. The van der Waals surface area contributed by atoms with E-state index in [1.807, 2.05) is 19.2 Å². The molecular weight excluding hydrogens is 164 g/mol. The minimum atomic E-state index is 0.546. The SMILES string of the molecule is Cc1ccccc1N(C)CCON. The normalized spacial score (nSPS) is 10.1. The smallest absolute Gasteiger partial charge is 0.0854 e. The third kappa shape index (κ3) is 2.72. The predicted molar refractivity (Wildman–Crippen MR) is 54.6 cm³/mol. The van der Waals surface area contributed by atoms with E-state index in [9.17, 15) is 0 Å². The molecule has 1 rings (SSSR count). The van der Waals surface area contributed by atoms with Gasteiger partial charge in [-0.15, -0.1) is 0 Å². The zero-order valence-electron chi connectivity index (χ0n) is 8.16. The van der Waals surface area contributed by atoms with Crippen molar-refractivity contribution in [3.8, 4) is 0 Å². The minimum Gasteiger partial charge on any atom is -0.372 e. The molecule has 0 aromatic heterocycles. The van der Waals surface area contributed by atoms with Crippen LogP contribution in [0.1, 0.15) is 5.56 Å². The van der Waals surface area contributed by atoms with Crippen molar-refractivity contribution in [1.82, 2.24) is 0 Å². The Labute approximate surface area is 79.1 Å². The van der Waals surface area contributed by atoms with Crippen LogP contribution >= 0.6 is 0 Å². The molecule has 3 nitrogen and oxygen atoms in total. The van der Waals surface area contributed by atoms with Crippen molar-refractivity contribution < 1.29 is 4.84 Å². The third-order valence-corrected chi connectivity index (χ3v) is 2.07. The van der Waals surface area contributed by atoms with Gasteiger partial charge in [0.25, 0.3) is 0 Å². The summed E-state index contributed by atoms with van der Waals surface area (Å²) in [6.07, 6.45) is 0. The quantitative estimate of drug-likeness (QED) is 0.710. The number of para-hydroxylation sites is 1. The van der Waals surface area contributed by atoms with Gasteiger partial charge in [0.1, 0.15) is 0 Å². The summed E-state index contributed by atoms with van der Waals surface area (Å²) in [6.45, 7) is 3.45. The van der Waals surface area contributed by atoms with Gasteiger partial charge in [0.15, 0.2) is 0 Å². The number of anilines is 1. The van der Waals surface area contributed by atoms with Crippen LogP contribution in [0.3, 0.4) is 0 Å². The van der Waals surface area contributed by atoms with Gasteiger partial charge in [0, 0.05) is 19.3 Å². The molecule has 13 heavy (non-hydrogen) atoms. The van der Waals surface area contributed by atoms with Crippen molar-refractivity contribution in [3.05, 3.63) is 29.8 Å². The van der Waals surface area contributed by atoms with Crippen LogP contribution in [-0.4, -0.2) is 20.2 Å². The molecule has 0 saturated heterocycles. The molecule has 0 heterocycles. The minimum absolute atomic E-state index is 0.546. The maximum atomic E-state index is 4.97. The van der Waals surface area contributed by atoms with Gasteiger partial charge >= 0.3 is 0 Å². The first-order valence-corrected chi connectivity index (χ1v) is 4.34. The Hall–Kier alpha value is -1.06. The van der Waals surface area contributed by atoms with Crippen molar-refractivity contribution in [3.63, 3.8) is 0 Å². The highest BCUT2D eigenvalue weighted by Crippen LogP contribution is 2.16. The van der Waals surface area contributed by atoms with E-state index >= 15 is 0 Å². The fourth-order valence-corrected chi connectivity index (χ4v) is 1.30. The Morgan fingerprint density at radius 1 is 1.38 bits per heavy atom. The molecule has 0 bridgehead atoms. The Morgan fingerprint density at radius 3 is 2.69 bits per heavy atom. The molecule has 0 unspecified atom stereocenters. The summed E-state index contributed by atoms with van der Waals surface area (Å²) in [7, 11) is 2.03. The summed E-state index contributed by atoms with van der Waals surface area (Å²) in [5, 5.41) is 0. The summed E-state index contributed by atoms with van der Waals surface area (Å²) in [4.78, 5) is 6.66. The van der Waals surface area contributed by atoms with Crippen LogP contribution < -0.4 is 10.8 Å². The second-order valence-corrected chi connectivity index (χ2v) is 3.08. The first-order chi connectivity index (χ1) is 6.25. The Kier molecular flexibility index (Phi) is 3.73. The molecule has 0 atom stereocenters. The third-order valence-electron chi connectivity index (χ3n) is 2.07. The molecule has 0 spiro atoms. The molecule has 0 fully saturated rings. The van der Waals surface area contributed by atoms with Gasteiger partial charge in [0.05, 0.1) is 6.61 Å². The number of aryl methyl sites for hydroxylation is 1. The van der Waals surface area contributed by atoms with Crippen LogP contribution in [0.4, 0.5) is 5.69 Å². The van der Waals surface area contributed by atoms with Gasteiger partial charge in [-0.1, -0.05) is 18.2 Å². The molecule has 0 amide bonds. The maximum Gasteiger partial charge on any atom is 0.0854 e. The van der Waals surface area contributed by atoms with E-state index in [0.29, 0.717) is 6.61 Å². The van der Waals surface area contributed by atoms with Crippen LogP contribution in [0.2, 0.25) is 0 Å². The van der Waals surface area contributed by atoms with E-state index < -0.39 is 0 Å². The number of rotatable bonds is 4. The maximum absolute atomic E-state index is 4.97. The van der Waals surface area contributed by atoms with Gasteiger partial charge in [-0.2, -0.15) is 0 Å². The van der Waals surface area contributed by atoms with Gasteiger partial charge in [-0.25, -0.2) is 5.90 Å². The van der Waals surface area contributed by atoms with Gasteiger partial charge in [-0.05, 0) is 18.6 Å². The number of benzene rings is 1. The number of hydrogen-bond acceptors (Lipinski definition) is 3. The van der Waals surface area contributed by atoms with Crippen molar-refractivity contribution in [1.29, 1.82) is 0 Å². The first-order valence-electron chi connectivity index (χ1n) is 4.34. The van der Waals surface area contributed by atoms with Crippen LogP contribution in [-0.2, 0) is 4.84 Å². The fourth-order valence-electron chi connectivity index (χ4n) is 1.30. The topological polar surface area (TPSA) is 38.5 Å². The molecule has 2 N–H and O–H groups in total. The Morgan fingerprint density at radius 2 is 2.08 bits per heavy atom. The lowest BCUT2D eigenvalue weighted by Crippen LogP contribution is -2.24. The van der Waals surface area contributed by atoms with Crippen LogP contribution in [0.15, 0.2) is 24.3 Å². The van der Waals surface area contributed by atoms with Gasteiger partial charge < -0.3 is 9.74 Å². The molecule has 72 valence electrons. The highest BCUT2D eigenvalue weighted by molar-refractivity contribution is 5.52. The number of nitrogens with two attached hydrogens (primary N) is 1. The predicted octanol–water partition coefficient (Wildman–Crippen LogP) is 1.32. The van der Waals surface area contributed by atoms with E-state index in [-0.39, 0.29) is 0 Å². The lowest BCUT2D eigenvalue weighted by atomic mass is 10.2. The van der Waals surface area contributed by atoms with Crippen LogP contribution in [0, 0.1) is 6.92 Å². The highest BCUT2D eigenvalue weighted by atomic mass is 16.6. The van der Waals surface area contributed by atoms with E-state index in [1.54, 1.807) is 0 Å². The number of hydrogen-bond donors (Lipinski definition) is 1. The highest BCUT2D eigenvalue weighted by Gasteiger charge is 2.01. The molecule has 0 aliphatic rings. The largest absolute Gasteiger partial charge is 0.372 e. The first kappa shape index (κ1) is 10.0. The summed E-state index contributed by atoms with van der Waals surface area (Å²) in [6, 6.07) is 8.25. The van der Waals surface area contributed by atoms with Gasteiger partial charge in [-0.3, -0.25) is 0 Å². The molecule has 1 aromatic carbocycles. The van der Waals surface area contributed by atoms with E-state index in [0.717, 1.165) is 6.54 Å². The van der Waals surface area contributed by atoms with E-state index in [2.05, 4.69) is 28.8 Å². The van der Waals surface area contributed by atoms with Crippen molar-refractivity contribution >= 4 is 5.69 Å². The molecule has 1 aromatic rings. The lowest BCUT2D eigenvalue weighted by Gasteiger charge is -2.20. The molecule has 0 saturated carbocycles. The number of nitrogens with zero attached hydrogens (tertiary/aromatic N) is 1. The Bertz CT molecular complexity index is 263. The lowest BCUT2D eigenvalue weighted by molar-refractivity contribution is 0.145.